The molecular formula is C18H19NO6S. The molecule has 7 nitrogen and oxygen atoms in total. The number of methoxy groups -OCH3 is 1. The minimum Gasteiger partial charge on any atom is -0.466 e. The fourth-order valence-electron chi connectivity index (χ4n) is 2.10. The predicted molar refractivity (Wildman–Crippen MR) is 94.7 cm³/mol. The van der Waals surface area contributed by atoms with E-state index in [2.05, 4.69) is 10.1 Å². The lowest BCUT2D eigenvalue weighted by Crippen LogP contribution is -2.30. The predicted octanol–water partition coefficient (Wildman–Crippen LogP) is 2.08. The second-order valence-corrected chi connectivity index (χ2v) is 7.52. The summed E-state index contributed by atoms with van der Waals surface area (Å²) in [5, 5.41) is 2.32. The highest BCUT2D eigenvalue weighted by Crippen LogP contribution is 2.14. The summed E-state index contributed by atoms with van der Waals surface area (Å²) in [5.41, 5.74) is 0.978. The first-order valence-corrected chi connectivity index (χ1v) is 9.35. The number of esters is 1. The maximum atomic E-state index is 12.2. The molecule has 0 aliphatic carbocycles. The number of aryl methyl sites for hydroxylation is 1. The molecule has 1 heterocycles. The standard InChI is InChI=1S/C18H19NO6S/c1-13-5-7-16(8-6-13)26(22,23)12-19-17(20)11-14(18(21)24-2)10-15-4-3-9-25-15/h3-10H,11-12H2,1-2H3,(H,19,20)/b14-10+. The van der Waals surface area contributed by atoms with E-state index in [1.807, 2.05) is 6.92 Å². The van der Waals surface area contributed by atoms with Gasteiger partial charge in [-0.2, -0.15) is 0 Å². The average molecular weight is 377 g/mol. The molecular weight excluding hydrogens is 358 g/mol. The van der Waals surface area contributed by atoms with E-state index in [1.54, 1.807) is 24.3 Å². The van der Waals surface area contributed by atoms with E-state index < -0.39 is 27.6 Å². The Balaban J connectivity index is 2.04. The number of sulfone groups is 1. The molecule has 0 spiro atoms. The summed E-state index contributed by atoms with van der Waals surface area (Å²) in [5.74, 6) is -1.50. The summed E-state index contributed by atoms with van der Waals surface area (Å²) in [6.45, 7) is 1.85. The highest BCUT2D eigenvalue weighted by Gasteiger charge is 2.19. The van der Waals surface area contributed by atoms with E-state index in [0.717, 1.165) is 5.56 Å². The summed E-state index contributed by atoms with van der Waals surface area (Å²) >= 11 is 0. The van der Waals surface area contributed by atoms with Crippen LogP contribution in [0.5, 0.6) is 0 Å². The zero-order chi connectivity index (χ0) is 19.2. The van der Waals surface area contributed by atoms with E-state index in [1.165, 1.54) is 31.6 Å². The van der Waals surface area contributed by atoms with Crippen LogP contribution in [0, 0.1) is 6.92 Å². The van der Waals surface area contributed by atoms with Gasteiger partial charge in [-0.15, -0.1) is 0 Å². The van der Waals surface area contributed by atoms with Gasteiger partial charge in [0, 0.05) is 0 Å². The van der Waals surface area contributed by atoms with Gasteiger partial charge in [0.25, 0.3) is 0 Å². The molecule has 2 aromatic rings. The Morgan fingerprint density at radius 2 is 1.88 bits per heavy atom. The molecule has 0 atom stereocenters. The van der Waals surface area contributed by atoms with Gasteiger partial charge in [-0.1, -0.05) is 17.7 Å². The van der Waals surface area contributed by atoms with Crippen molar-refractivity contribution in [1.29, 1.82) is 0 Å². The summed E-state index contributed by atoms with van der Waals surface area (Å²) in [6.07, 6.45) is 2.46. The Hall–Kier alpha value is -2.87. The highest BCUT2D eigenvalue weighted by molar-refractivity contribution is 7.91. The van der Waals surface area contributed by atoms with Crippen molar-refractivity contribution in [3.8, 4) is 0 Å². The van der Waals surface area contributed by atoms with Gasteiger partial charge in [0.05, 0.1) is 30.3 Å². The van der Waals surface area contributed by atoms with Crippen LogP contribution in [-0.4, -0.2) is 33.3 Å². The number of nitrogens with one attached hydrogen (secondary N) is 1. The smallest absolute Gasteiger partial charge is 0.334 e. The molecule has 0 aliphatic heterocycles. The van der Waals surface area contributed by atoms with Crippen molar-refractivity contribution in [2.24, 2.45) is 0 Å². The number of benzene rings is 1. The number of carbonyl (C=O) groups is 2. The number of hydrogen-bond acceptors (Lipinski definition) is 6. The van der Waals surface area contributed by atoms with Crippen LogP contribution in [0.2, 0.25) is 0 Å². The first-order valence-electron chi connectivity index (χ1n) is 7.70. The van der Waals surface area contributed by atoms with Crippen LogP contribution >= 0.6 is 0 Å². The molecule has 1 amide bonds. The quantitative estimate of drug-likeness (QED) is 0.585. The average Bonchev–Trinajstić information content (AvgIpc) is 3.12. The van der Waals surface area contributed by atoms with Gasteiger partial charge in [0.2, 0.25) is 5.91 Å². The number of rotatable bonds is 7. The van der Waals surface area contributed by atoms with Crippen molar-refractivity contribution < 1.29 is 27.2 Å². The van der Waals surface area contributed by atoms with Crippen LogP contribution in [0.1, 0.15) is 17.7 Å². The molecule has 1 aromatic carbocycles. The zero-order valence-electron chi connectivity index (χ0n) is 14.4. The van der Waals surface area contributed by atoms with E-state index in [4.69, 9.17) is 4.42 Å². The molecule has 0 fully saturated rings. The number of hydrogen-bond donors (Lipinski definition) is 1. The van der Waals surface area contributed by atoms with Crippen molar-refractivity contribution >= 4 is 27.8 Å². The minimum atomic E-state index is -3.67. The lowest BCUT2D eigenvalue weighted by Gasteiger charge is -2.08. The topological polar surface area (TPSA) is 103 Å². The molecule has 1 N–H and O–H groups in total. The molecule has 1 aromatic heterocycles. The lowest BCUT2D eigenvalue weighted by atomic mass is 10.1. The summed E-state index contributed by atoms with van der Waals surface area (Å²) in [6, 6.07) is 9.56. The Morgan fingerprint density at radius 1 is 1.19 bits per heavy atom. The lowest BCUT2D eigenvalue weighted by molar-refractivity contribution is -0.137. The second kappa shape index (κ2) is 8.48. The Morgan fingerprint density at radius 3 is 2.46 bits per heavy atom. The largest absolute Gasteiger partial charge is 0.466 e. The SMILES string of the molecule is COC(=O)/C(=C/c1ccco1)CC(=O)NCS(=O)(=O)c1ccc(C)cc1. The number of ether oxygens (including phenoxy) is 1. The van der Waals surface area contributed by atoms with E-state index in [0.29, 0.717) is 5.76 Å². The van der Waals surface area contributed by atoms with Gasteiger partial charge in [0.15, 0.2) is 9.84 Å². The zero-order valence-corrected chi connectivity index (χ0v) is 15.2. The molecule has 0 bridgehead atoms. The van der Waals surface area contributed by atoms with Gasteiger partial charge in [-0.25, -0.2) is 13.2 Å². The highest BCUT2D eigenvalue weighted by atomic mass is 32.2. The van der Waals surface area contributed by atoms with Gasteiger partial charge < -0.3 is 14.5 Å². The summed E-state index contributed by atoms with van der Waals surface area (Å²) in [7, 11) is -2.48. The summed E-state index contributed by atoms with van der Waals surface area (Å²) < 4.78 is 34.2. The molecule has 0 aliphatic rings. The van der Waals surface area contributed by atoms with E-state index in [-0.39, 0.29) is 16.9 Å². The van der Waals surface area contributed by atoms with Crippen LogP contribution in [0.3, 0.4) is 0 Å². The molecule has 0 saturated carbocycles. The first kappa shape index (κ1) is 19.5. The normalized spacial score (nSPS) is 11.8. The fourth-order valence-corrected chi connectivity index (χ4v) is 3.17. The van der Waals surface area contributed by atoms with E-state index in [9.17, 15) is 18.0 Å². The maximum absolute atomic E-state index is 12.2. The molecule has 0 unspecified atom stereocenters. The Bertz CT molecular complexity index is 896. The third kappa shape index (κ3) is 5.32. The maximum Gasteiger partial charge on any atom is 0.334 e. The van der Waals surface area contributed by atoms with Gasteiger partial charge in [-0.05, 0) is 37.3 Å². The number of furan rings is 1. The monoisotopic (exact) mass is 377 g/mol. The number of carbonyl (C=O) groups excluding carboxylic acids is 2. The summed E-state index contributed by atoms with van der Waals surface area (Å²) in [4.78, 5) is 24.0. The first-order chi connectivity index (χ1) is 12.3. The minimum absolute atomic E-state index is 0.0488. The third-order valence-electron chi connectivity index (χ3n) is 3.50. The van der Waals surface area contributed by atoms with Crippen molar-refractivity contribution in [2.75, 3.05) is 13.0 Å². The van der Waals surface area contributed by atoms with Gasteiger partial charge in [0.1, 0.15) is 11.6 Å². The molecule has 26 heavy (non-hydrogen) atoms. The Kier molecular flexibility index (Phi) is 6.35. The van der Waals surface area contributed by atoms with Crippen LogP contribution < -0.4 is 5.32 Å². The van der Waals surface area contributed by atoms with Crippen LogP contribution in [0.4, 0.5) is 0 Å². The van der Waals surface area contributed by atoms with Crippen LogP contribution in [0.15, 0.2) is 57.5 Å². The second-order valence-electron chi connectivity index (χ2n) is 5.53. The fraction of sp³-hybridized carbons (Fsp3) is 0.222. The van der Waals surface area contributed by atoms with Crippen LogP contribution in [-0.2, 0) is 24.2 Å². The van der Waals surface area contributed by atoms with Crippen molar-refractivity contribution in [3.05, 3.63) is 59.6 Å². The van der Waals surface area contributed by atoms with Gasteiger partial charge in [-0.3, -0.25) is 4.79 Å². The molecule has 2 rings (SSSR count). The van der Waals surface area contributed by atoms with Crippen molar-refractivity contribution in [1.82, 2.24) is 5.32 Å². The van der Waals surface area contributed by atoms with Crippen molar-refractivity contribution in [3.63, 3.8) is 0 Å². The third-order valence-corrected chi connectivity index (χ3v) is 5.01. The van der Waals surface area contributed by atoms with Crippen molar-refractivity contribution in [2.45, 2.75) is 18.2 Å². The number of amides is 1. The Labute approximate surface area is 151 Å². The van der Waals surface area contributed by atoms with E-state index >= 15 is 0 Å². The molecule has 8 heteroatoms. The van der Waals surface area contributed by atoms with Crippen LogP contribution in [0.25, 0.3) is 6.08 Å². The molecule has 0 saturated heterocycles. The van der Waals surface area contributed by atoms with Gasteiger partial charge >= 0.3 is 5.97 Å². The molecule has 138 valence electrons. The molecule has 0 radical (unpaired) electrons.